The number of hydrogen-bond acceptors (Lipinski definition) is 5. The smallest absolute Gasteiger partial charge is 0.243 e. The first-order valence-corrected chi connectivity index (χ1v) is 13.8. The van der Waals surface area contributed by atoms with E-state index < -0.39 is 10.0 Å². The highest BCUT2D eigenvalue weighted by atomic mass is 79.9. The molecule has 0 bridgehead atoms. The Morgan fingerprint density at radius 2 is 1.65 bits per heavy atom. The van der Waals surface area contributed by atoms with E-state index in [9.17, 15) is 8.42 Å². The number of sulfonamides is 1. The maximum absolute atomic E-state index is 13.0. The average molecular weight is 561 g/mol. The van der Waals surface area contributed by atoms with Crippen LogP contribution < -0.4 is 4.90 Å². The van der Waals surface area contributed by atoms with Crippen molar-refractivity contribution in [1.29, 1.82) is 0 Å². The lowest BCUT2D eigenvalue weighted by Crippen LogP contribution is -2.48. The molecule has 3 aromatic rings. The second kappa shape index (κ2) is 9.77. The largest absolute Gasteiger partial charge is 0.345 e. The molecule has 1 fully saturated rings. The fourth-order valence-corrected chi connectivity index (χ4v) is 6.40. The number of halogens is 3. The van der Waals surface area contributed by atoms with E-state index in [4.69, 9.17) is 28.2 Å². The Balaban J connectivity index is 1.39. The molecule has 1 aromatic heterocycles. The van der Waals surface area contributed by atoms with Crippen molar-refractivity contribution in [3.8, 4) is 0 Å². The molecule has 0 atom stereocenters. The van der Waals surface area contributed by atoms with Gasteiger partial charge in [-0.3, -0.25) is 0 Å². The predicted octanol–water partition coefficient (Wildman–Crippen LogP) is 5.45. The topological polar surface area (TPSA) is 53.5 Å². The fourth-order valence-electron chi connectivity index (χ4n) is 3.40. The normalized spacial score (nSPS) is 15.4. The molecular weight excluding hydrogens is 541 g/mol. The van der Waals surface area contributed by atoms with Crippen molar-refractivity contribution in [1.82, 2.24) is 9.29 Å². The number of alkyl halides is 1. The Morgan fingerprint density at radius 3 is 2.29 bits per heavy atom. The van der Waals surface area contributed by atoms with Crippen molar-refractivity contribution in [2.45, 2.75) is 16.6 Å². The zero-order valence-electron chi connectivity index (χ0n) is 16.5. The highest BCUT2D eigenvalue weighted by Crippen LogP contribution is 2.27. The Hall–Kier alpha value is -1.16. The Morgan fingerprint density at radius 1 is 0.968 bits per heavy atom. The van der Waals surface area contributed by atoms with Gasteiger partial charge in [0.1, 0.15) is 0 Å². The van der Waals surface area contributed by atoms with Crippen LogP contribution in [0.5, 0.6) is 0 Å². The van der Waals surface area contributed by atoms with Crippen LogP contribution in [0.3, 0.4) is 0 Å². The van der Waals surface area contributed by atoms with Crippen molar-refractivity contribution in [2.75, 3.05) is 31.1 Å². The van der Waals surface area contributed by atoms with Crippen LogP contribution in [-0.2, 0) is 21.8 Å². The molecule has 0 amide bonds. The molecule has 1 aliphatic heterocycles. The van der Waals surface area contributed by atoms with Gasteiger partial charge in [0.05, 0.1) is 20.6 Å². The summed E-state index contributed by atoms with van der Waals surface area (Å²) in [6.07, 6.45) is 0.673. The monoisotopic (exact) mass is 559 g/mol. The Bertz CT molecular complexity index is 1160. The number of benzene rings is 2. The summed E-state index contributed by atoms with van der Waals surface area (Å²) >= 11 is 17.0. The molecule has 5 nitrogen and oxygen atoms in total. The van der Waals surface area contributed by atoms with Gasteiger partial charge in [-0.15, -0.1) is 11.3 Å². The number of aromatic nitrogens is 1. The van der Waals surface area contributed by atoms with Gasteiger partial charge < -0.3 is 4.90 Å². The van der Waals surface area contributed by atoms with Gasteiger partial charge in [-0.1, -0.05) is 57.3 Å². The molecule has 2 aromatic carbocycles. The standard InChI is InChI=1S/C21H20BrCl2N3O2S2/c22-13-15-1-4-18(5-2-15)31(28,29)27-9-7-26(8-10-27)21-25-17(14-30-21)11-16-3-6-19(23)20(24)12-16/h1-6,12,14H,7-11,13H2. The summed E-state index contributed by atoms with van der Waals surface area (Å²) in [5.41, 5.74) is 3.05. The number of thiazole rings is 1. The van der Waals surface area contributed by atoms with Crippen LogP contribution >= 0.6 is 50.5 Å². The summed E-state index contributed by atoms with van der Waals surface area (Å²) in [6.45, 7) is 2.09. The lowest BCUT2D eigenvalue weighted by Gasteiger charge is -2.33. The van der Waals surface area contributed by atoms with Crippen LogP contribution in [-0.4, -0.2) is 43.9 Å². The molecule has 0 aliphatic carbocycles. The number of nitrogens with zero attached hydrogens (tertiary/aromatic N) is 3. The van der Waals surface area contributed by atoms with E-state index in [-0.39, 0.29) is 0 Å². The molecule has 1 saturated heterocycles. The third-order valence-corrected chi connectivity index (χ3v) is 9.38. The summed E-state index contributed by atoms with van der Waals surface area (Å²) in [7, 11) is -3.48. The maximum Gasteiger partial charge on any atom is 0.243 e. The fraction of sp³-hybridized carbons (Fsp3) is 0.286. The van der Waals surface area contributed by atoms with E-state index in [2.05, 4.69) is 20.8 Å². The molecule has 0 saturated carbocycles. The van der Waals surface area contributed by atoms with Crippen LogP contribution in [0.15, 0.2) is 52.7 Å². The van der Waals surface area contributed by atoms with Gasteiger partial charge >= 0.3 is 0 Å². The van der Waals surface area contributed by atoms with Crippen LogP contribution in [0.2, 0.25) is 10.0 Å². The second-order valence-corrected chi connectivity index (χ2v) is 11.4. The molecular formula is C21H20BrCl2N3O2S2. The lowest BCUT2D eigenvalue weighted by atomic mass is 10.1. The van der Waals surface area contributed by atoms with Gasteiger partial charge in [-0.05, 0) is 35.4 Å². The summed E-state index contributed by atoms with van der Waals surface area (Å²) in [5.74, 6) is 0. The van der Waals surface area contributed by atoms with E-state index in [0.717, 1.165) is 22.0 Å². The van der Waals surface area contributed by atoms with Gasteiger partial charge in [-0.2, -0.15) is 4.31 Å². The van der Waals surface area contributed by atoms with E-state index in [1.54, 1.807) is 33.8 Å². The molecule has 31 heavy (non-hydrogen) atoms. The summed E-state index contributed by atoms with van der Waals surface area (Å²) in [4.78, 5) is 7.22. The molecule has 2 heterocycles. The number of rotatable bonds is 6. The quantitative estimate of drug-likeness (QED) is 0.376. The number of piperazine rings is 1. The lowest BCUT2D eigenvalue weighted by molar-refractivity contribution is 0.384. The van der Waals surface area contributed by atoms with Crippen molar-refractivity contribution in [2.24, 2.45) is 0 Å². The predicted molar refractivity (Wildman–Crippen MR) is 131 cm³/mol. The highest BCUT2D eigenvalue weighted by Gasteiger charge is 2.29. The van der Waals surface area contributed by atoms with Gasteiger partial charge in [0, 0.05) is 43.3 Å². The van der Waals surface area contributed by atoms with Crippen LogP contribution in [0.1, 0.15) is 16.8 Å². The second-order valence-electron chi connectivity index (χ2n) is 7.22. The minimum Gasteiger partial charge on any atom is -0.345 e. The molecule has 0 spiro atoms. The van der Waals surface area contributed by atoms with Gasteiger partial charge in [0.2, 0.25) is 10.0 Å². The molecule has 0 unspecified atom stereocenters. The average Bonchev–Trinajstić information content (AvgIpc) is 3.25. The van der Waals surface area contributed by atoms with E-state index in [1.807, 2.05) is 29.6 Å². The van der Waals surface area contributed by atoms with Gasteiger partial charge in [0.15, 0.2) is 5.13 Å². The van der Waals surface area contributed by atoms with Crippen molar-refractivity contribution in [3.05, 3.63) is 74.7 Å². The van der Waals surface area contributed by atoms with Crippen LogP contribution in [0.25, 0.3) is 0 Å². The summed E-state index contributed by atoms with van der Waals surface area (Å²) in [5, 5.41) is 4.72. The molecule has 1 aliphatic rings. The first-order chi connectivity index (χ1) is 14.9. The van der Waals surface area contributed by atoms with E-state index >= 15 is 0 Å². The third-order valence-electron chi connectivity index (χ3n) is 5.13. The SMILES string of the molecule is O=S(=O)(c1ccc(CBr)cc1)N1CCN(c2nc(Cc3ccc(Cl)c(Cl)c3)cs2)CC1. The summed E-state index contributed by atoms with van der Waals surface area (Å²) < 4.78 is 27.5. The molecule has 10 heteroatoms. The Labute approximate surface area is 204 Å². The first-order valence-electron chi connectivity index (χ1n) is 9.65. The Kier molecular flexibility index (Phi) is 7.25. The van der Waals surface area contributed by atoms with Crippen LogP contribution in [0, 0.1) is 0 Å². The minimum atomic E-state index is -3.48. The number of anilines is 1. The zero-order chi connectivity index (χ0) is 22.0. The van der Waals surface area contributed by atoms with Gasteiger partial charge in [-0.25, -0.2) is 13.4 Å². The highest BCUT2D eigenvalue weighted by molar-refractivity contribution is 9.08. The molecule has 0 N–H and O–H groups in total. The minimum absolute atomic E-state index is 0.337. The summed E-state index contributed by atoms with van der Waals surface area (Å²) in [6, 6.07) is 12.6. The number of hydrogen-bond donors (Lipinski definition) is 0. The first kappa shape index (κ1) is 23.0. The van der Waals surface area contributed by atoms with E-state index in [0.29, 0.717) is 52.9 Å². The van der Waals surface area contributed by atoms with Crippen molar-refractivity contribution >= 4 is 65.6 Å². The molecule has 164 valence electrons. The third kappa shape index (κ3) is 5.26. The van der Waals surface area contributed by atoms with Crippen LogP contribution in [0.4, 0.5) is 5.13 Å². The van der Waals surface area contributed by atoms with Crippen molar-refractivity contribution in [3.63, 3.8) is 0 Å². The van der Waals surface area contributed by atoms with Gasteiger partial charge in [0.25, 0.3) is 0 Å². The van der Waals surface area contributed by atoms with E-state index in [1.165, 1.54) is 0 Å². The zero-order valence-corrected chi connectivity index (χ0v) is 21.2. The van der Waals surface area contributed by atoms with Crippen molar-refractivity contribution < 1.29 is 8.42 Å². The molecule has 4 rings (SSSR count). The maximum atomic E-state index is 13.0. The molecule has 0 radical (unpaired) electrons.